The Balaban J connectivity index is 1.58. The van der Waals surface area contributed by atoms with E-state index in [0.29, 0.717) is 0 Å². The highest BCUT2D eigenvalue weighted by atomic mass is 32.1. The molecule has 1 heterocycles. The molecule has 0 unspecified atom stereocenters. The van der Waals surface area contributed by atoms with E-state index in [4.69, 9.17) is 0 Å². The van der Waals surface area contributed by atoms with Gasteiger partial charge in [0.25, 0.3) is 0 Å². The molecule has 0 saturated carbocycles. The zero-order valence-electron chi connectivity index (χ0n) is 12.2. The molecule has 0 fully saturated rings. The molecule has 3 nitrogen and oxygen atoms in total. The summed E-state index contributed by atoms with van der Waals surface area (Å²) in [5, 5.41) is 6.36. The van der Waals surface area contributed by atoms with Gasteiger partial charge in [-0.2, -0.15) is 0 Å². The van der Waals surface area contributed by atoms with Crippen molar-refractivity contribution in [3.05, 3.63) is 51.2 Å². The molecular formula is C17H20N2OS. The Bertz CT molecular complexity index is 626. The minimum absolute atomic E-state index is 0.0304. The molecule has 21 heavy (non-hydrogen) atoms. The van der Waals surface area contributed by atoms with Gasteiger partial charge in [0.05, 0.1) is 0 Å². The number of hydrogen-bond acceptors (Lipinski definition) is 3. The zero-order valence-corrected chi connectivity index (χ0v) is 13.1. The minimum Gasteiger partial charge on any atom is -0.326 e. The lowest BCUT2D eigenvalue weighted by Gasteiger charge is -2.10. The van der Waals surface area contributed by atoms with Crippen LogP contribution in [-0.2, 0) is 30.7 Å². The molecule has 2 N–H and O–H groups in total. The highest BCUT2D eigenvalue weighted by molar-refractivity contribution is 7.12. The number of fused-ring (bicyclic) bond motifs is 1. The predicted octanol–water partition coefficient (Wildman–Crippen LogP) is 3.49. The van der Waals surface area contributed by atoms with Crippen LogP contribution in [0.3, 0.4) is 0 Å². The molecule has 1 aliphatic carbocycles. The van der Waals surface area contributed by atoms with Gasteiger partial charge < -0.3 is 10.6 Å². The van der Waals surface area contributed by atoms with Crippen molar-refractivity contribution < 1.29 is 4.79 Å². The fraction of sp³-hybridized carbons (Fsp3) is 0.353. The molecule has 1 amide bonds. The summed E-state index contributed by atoms with van der Waals surface area (Å²) in [4.78, 5) is 14.2. The van der Waals surface area contributed by atoms with Crippen molar-refractivity contribution in [2.24, 2.45) is 0 Å². The van der Waals surface area contributed by atoms with E-state index >= 15 is 0 Å². The number of thiophene rings is 1. The number of para-hydroxylation sites is 1. The molecule has 0 aliphatic heterocycles. The van der Waals surface area contributed by atoms with Gasteiger partial charge in [-0.1, -0.05) is 18.2 Å². The molecule has 1 aliphatic rings. The van der Waals surface area contributed by atoms with Crippen molar-refractivity contribution in [1.82, 2.24) is 5.32 Å². The minimum atomic E-state index is -0.0304. The largest absolute Gasteiger partial charge is 0.326 e. The second kappa shape index (κ2) is 6.41. The predicted molar refractivity (Wildman–Crippen MR) is 87.6 cm³/mol. The Labute approximate surface area is 129 Å². The summed E-state index contributed by atoms with van der Waals surface area (Å²) in [6.07, 6.45) is 3.82. The van der Waals surface area contributed by atoms with E-state index in [2.05, 4.69) is 16.7 Å². The Kier molecular flexibility index (Phi) is 4.36. The highest BCUT2D eigenvalue weighted by Gasteiger charge is 2.14. The van der Waals surface area contributed by atoms with Gasteiger partial charge in [0.2, 0.25) is 5.91 Å². The number of nitrogens with one attached hydrogen (secondary N) is 2. The van der Waals surface area contributed by atoms with Crippen LogP contribution in [0.5, 0.6) is 0 Å². The van der Waals surface area contributed by atoms with Gasteiger partial charge in [0.15, 0.2) is 0 Å². The van der Waals surface area contributed by atoms with Crippen LogP contribution in [0.4, 0.5) is 5.69 Å². The van der Waals surface area contributed by atoms with Crippen molar-refractivity contribution in [2.45, 2.75) is 39.3 Å². The van der Waals surface area contributed by atoms with Gasteiger partial charge >= 0.3 is 0 Å². The van der Waals surface area contributed by atoms with E-state index in [1.54, 1.807) is 10.4 Å². The molecule has 0 saturated heterocycles. The van der Waals surface area contributed by atoms with Gasteiger partial charge in [0, 0.05) is 35.5 Å². The summed E-state index contributed by atoms with van der Waals surface area (Å²) in [7, 11) is 0. The van der Waals surface area contributed by atoms with Gasteiger partial charge in [-0.05, 0) is 42.5 Å². The second-order valence-corrected chi connectivity index (χ2v) is 6.68. The van der Waals surface area contributed by atoms with Crippen molar-refractivity contribution in [1.29, 1.82) is 0 Å². The molecule has 110 valence electrons. The number of rotatable bonds is 5. The molecular weight excluding hydrogens is 280 g/mol. The number of anilines is 1. The fourth-order valence-electron chi connectivity index (χ4n) is 2.78. The lowest BCUT2D eigenvalue weighted by atomic mass is 10.1. The first kappa shape index (κ1) is 14.3. The van der Waals surface area contributed by atoms with E-state index in [9.17, 15) is 4.79 Å². The van der Waals surface area contributed by atoms with Crippen LogP contribution >= 0.6 is 11.3 Å². The second-order valence-electron chi connectivity index (χ2n) is 5.46. The average molecular weight is 300 g/mol. The third-order valence-electron chi connectivity index (χ3n) is 3.74. The van der Waals surface area contributed by atoms with E-state index in [1.165, 1.54) is 31.1 Å². The molecule has 0 spiro atoms. The molecule has 1 aromatic heterocycles. The Morgan fingerprint density at radius 2 is 2.10 bits per heavy atom. The average Bonchev–Trinajstić information content (AvgIpc) is 3.01. The fourth-order valence-corrected chi connectivity index (χ4v) is 4.01. The summed E-state index contributed by atoms with van der Waals surface area (Å²) < 4.78 is 0. The van der Waals surface area contributed by atoms with Crippen LogP contribution in [0.15, 0.2) is 30.3 Å². The molecule has 0 bridgehead atoms. The molecule has 3 rings (SSSR count). The first-order valence-corrected chi connectivity index (χ1v) is 8.20. The lowest BCUT2D eigenvalue weighted by molar-refractivity contribution is -0.114. The van der Waals surface area contributed by atoms with Crippen LogP contribution < -0.4 is 10.6 Å². The normalized spacial score (nSPS) is 13.2. The Morgan fingerprint density at radius 1 is 1.24 bits per heavy atom. The molecule has 0 atom stereocenters. The smallest absolute Gasteiger partial charge is 0.221 e. The van der Waals surface area contributed by atoms with Gasteiger partial charge in [-0.15, -0.1) is 11.3 Å². The van der Waals surface area contributed by atoms with Crippen LogP contribution in [0.2, 0.25) is 0 Å². The standard InChI is InChI=1S/C17H20N2OS/c1-12(20)19-16-7-3-2-5-14(16)10-18-11-15-9-13-6-4-8-17(13)21-15/h2-3,5,7,9,18H,4,6,8,10-11H2,1H3,(H,19,20). The maximum atomic E-state index is 11.2. The summed E-state index contributed by atoms with van der Waals surface area (Å²) in [6, 6.07) is 10.3. The third-order valence-corrected chi connectivity index (χ3v) is 4.98. The summed E-state index contributed by atoms with van der Waals surface area (Å²) in [5.41, 5.74) is 3.57. The number of carbonyl (C=O) groups excluding carboxylic acids is 1. The van der Waals surface area contributed by atoms with Crippen molar-refractivity contribution >= 4 is 22.9 Å². The number of carbonyl (C=O) groups is 1. The quantitative estimate of drug-likeness (QED) is 0.887. The van der Waals surface area contributed by atoms with Gasteiger partial charge in [-0.3, -0.25) is 4.79 Å². The van der Waals surface area contributed by atoms with Crippen LogP contribution in [-0.4, -0.2) is 5.91 Å². The first-order valence-electron chi connectivity index (χ1n) is 7.39. The maximum absolute atomic E-state index is 11.2. The molecule has 2 aromatic rings. The number of aryl methyl sites for hydroxylation is 2. The van der Waals surface area contributed by atoms with Crippen LogP contribution in [0.1, 0.15) is 34.2 Å². The maximum Gasteiger partial charge on any atom is 0.221 e. The number of benzene rings is 1. The van der Waals surface area contributed by atoms with Gasteiger partial charge in [-0.25, -0.2) is 0 Å². The first-order chi connectivity index (χ1) is 10.2. The SMILES string of the molecule is CC(=O)Nc1ccccc1CNCc1cc2c(s1)CCC2. The summed E-state index contributed by atoms with van der Waals surface area (Å²) >= 11 is 1.94. The van der Waals surface area contributed by atoms with Crippen molar-refractivity contribution in [3.8, 4) is 0 Å². The van der Waals surface area contributed by atoms with Gasteiger partial charge in [0.1, 0.15) is 0 Å². The Hall–Kier alpha value is -1.65. The van der Waals surface area contributed by atoms with Crippen LogP contribution in [0, 0.1) is 0 Å². The lowest BCUT2D eigenvalue weighted by Crippen LogP contribution is -2.15. The highest BCUT2D eigenvalue weighted by Crippen LogP contribution is 2.30. The van der Waals surface area contributed by atoms with E-state index in [1.807, 2.05) is 35.6 Å². The summed E-state index contributed by atoms with van der Waals surface area (Å²) in [6.45, 7) is 3.20. The van der Waals surface area contributed by atoms with E-state index in [0.717, 1.165) is 24.3 Å². The number of amides is 1. The third kappa shape index (κ3) is 3.52. The monoisotopic (exact) mass is 300 g/mol. The number of hydrogen-bond donors (Lipinski definition) is 2. The van der Waals surface area contributed by atoms with Crippen molar-refractivity contribution in [2.75, 3.05) is 5.32 Å². The Morgan fingerprint density at radius 3 is 2.90 bits per heavy atom. The zero-order chi connectivity index (χ0) is 14.7. The van der Waals surface area contributed by atoms with Crippen LogP contribution in [0.25, 0.3) is 0 Å². The summed E-state index contributed by atoms with van der Waals surface area (Å²) in [5.74, 6) is -0.0304. The topological polar surface area (TPSA) is 41.1 Å². The molecule has 1 aromatic carbocycles. The van der Waals surface area contributed by atoms with E-state index in [-0.39, 0.29) is 5.91 Å². The molecule has 0 radical (unpaired) electrons. The molecule has 4 heteroatoms. The van der Waals surface area contributed by atoms with Crippen molar-refractivity contribution in [3.63, 3.8) is 0 Å². The van der Waals surface area contributed by atoms with E-state index < -0.39 is 0 Å².